The molecule has 0 radical (unpaired) electrons. The Bertz CT molecular complexity index is 329. The van der Waals surface area contributed by atoms with Gasteiger partial charge in [-0.3, -0.25) is 4.90 Å². The molecule has 0 atom stereocenters. The van der Waals surface area contributed by atoms with Crippen LogP contribution in [0.25, 0.3) is 0 Å². The van der Waals surface area contributed by atoms with E-state index in [9.17, 15) is 8.42 Å². The van der Waals surface area contributed by atoms with Gasteiger partial charge in [0.1, 0.15) is 0 Å². The quantitative estimate of drug-likeness (QED) is 0.715. The molecule has 5 heteroatoms. The summed E-state index contributed by atoms with van der Waals surface area (Å²) >= 11 is 0. The van der Waals surface area contributed by atoms with Crippen molar-refractivity contribution in [2.24, 2.45) is 11.7 Å². The zero-order chi connectivity index (χ0) is 11.1. The number of rotatable bonds is 5. The van der Waals surface area contributed by atoms with Crippen molar-refractivity contribution in [3.8, 4) is 0 Å². The molecular weight excluding hydrogens is 212 g/mol. The Hall–Kier alpha value is -0.130. The molecule has 1 heterocycles. The second-order valence-electron chi connectivity index (χ2n) is 4.95. The molecule has 2 aliphatic rings. The smallest absolute Gasteiger partial charge is 0.151 e. The average molecular weight is 232 g/mol. The van der Waals surface area contributed by atoms with E-state index >= 15 is 0 Å². The lowest BCUT2D eigenvalue weighted by molar-refractivity contribution is 0.0609. The summed E-state index contributed by atoms with van der Waals surface area (Å²) in [5.74, 6) is 1.23. The maximum Gasteiger partial charge on any atom is 0.151 e. The summed E-state index contributed by atoms with van der Waals surface area (Å²) in [6.45, 7) is 4.12. The molecule has 2 N–H and O–H groups in total. The minimum absolute atomic E-state index is 0.00990. The van der Waals surface area contributed by atoms with E-state index in [0.717, 1.165) is 13.1 Å². The van der Waals surface area contributed by atoms with Crippen LogP contribution < -0.4 is 5.73 Å². The molecule has 0 amide bonds. The van der Waals surface area contributed by atoms with Gasteiger partial charge in [-0.1, -0.05) is 6.92 Å². The standard InChI is InChI=1S/C10H20N2O2S/c1-2-15(13,14)6-5-12-7-10(11,8-12)9-3-4-9/h9H,2-8,11H2,1H3. The first-order chi connectivity index (χ1) is 6.95. The molecule has 0 aromatic rings. The van der Waals surface area contributed by atoms with Crippen molar-refractivity contribution in [2.45, 2.75) is 25.3 Å². The van der Waals surface area contributed by atoms with Crippen LogP contribution in [-0.4, -0.2) is 50.0 Å². The van der Waals surface area contributed by atoms with Crippen LogP contribution in [0, 0.1) is 5.92 Å². The van der Waals surface area contributed by atoms with Crippen LogP contribution in [-0.2, 0) is 9.84 Å². The van der Waals surface area contributed by atoms with Gasteiger partial charge in [-0.2, -0.15) is 0 Å². The Kier molecular flexibility index (Phi) is 2.81. The van der Waals surface area contributed by atoms with E-state index in [0.29, 0.717) is 12.5 Å². The predicted molar refractivity (Wildman–Crippen MR) is 60.4 cm³/mol. The van der Waals surface area contributed by atoms with Crippen molar-refractivity contribution in [3.63, 3.8) is 0 Å². The predicted octanol–water partition coefficient (Wildman–Crippen LogP) is -0.156. The first-order valence-electron chi connectivity index (χ1n) is 5.67. The highest BCUT2D eigenvalue weighted by Gasteiger charge is 2.49. The van der Waals surface area contributed by atoms with E-state index in [1.807, 2.05) is 0 Å². The summed E-state index contributed by atoms with van der Waals surface area (Å²) in [4.78, 5) is 2.16. The van der Waals surface area contributed by atoms with Crippen molar-refractivity contribution in [2.75, 3.05) is 31.1 Å². The van der Waals surface area contributed by atoms with E-state index in [4.69, 9.17) is 5.73 Å². The number of nitrogens with two attached hydrogens (primary N) is 1. The minimum atomic E-state index is -2.82. The van der Waals surface area contributed by atoms with Crippen LogP contribution in [0.3, 0.4) is 0 Å². The minimum Gasteiger partial charge on any atom is -0.323 e. The van der Waals surface area contributed by atoms with Crippen LogP contribution in [0.2, 0.25) is 0 Å². The molecular formula is C10H20N2O2S. The van der Waals surface area contributed by atoms with Crippen LogP contribution in [0.5, 0.6) is 0 Å². The molecule has 1 saturated carbocycles. The third-order valence-corrected chi connectivity index (χ3v) is 5.27. The summed E-state index contributed by atoms with van der Waals surface area (Å²) in [5, 5.41) is 0. The number of sulfone groups is 1. The Morgan fingerprint density at radius 2 is 2.00 bits per heavy atom. The maximum absolute atomic E-state index is 11.3. The van der Waals surface area contributed by atoms with Crippen molar-refractivity contribution < 1.29 is 8.42 Å². The van der Waals surface area contributed by atoms with Crippen molar-refractivity contribution in [3.05, 3.63) is 0 Å². The number of likely N-dealkylation sites (tertiary alicyclic amines) is 1. The van der Waals surface area contributed by atoms with Gasteiger partial charge in [-0.25, -0.2) is 8.42 Å². The third kappa shape index (κ3) is 2.52. The van der Waals surface area contributed by atoms with Crippen LogP contribution in [0.15, 0.2) is 0 Å². The zero-order valence-corrected chi connectivity index (χ0v) is 10.1. The van der Waals surface area contributed by atoms with E-state index in [1.54, 1.807) is 6.92 Å². The zero-order valence-electron chi connectivity index (χ0n) is 9.28. The normalized spacial score (nSPS) is 26.3. The number of hydrogen-bond acceptors (Lipinski definition) is 4. The van der Waals surface area contributed by atoms with Crippen molar-refractivity contribution >= 4 is 9.84 Å². The fraction of sp³-hybridized carbons (Fsp3) is 1.00. The number of hydrogen-bond donors (Lipinski definition) is 1. The summed E-state index contributed by atoms with van der Waals surface area (Å²) < 4.78 is 22.6. The molecule has 88 valence electrons. The Morgan fingerprint density at radius 1 is 1.40 bits per heavy atom. The molecule has 15 heavy (non-hydrogen) atoms. The Morgan fingerprint density at radius 3 is 2.47 bits per heavy atom. The average Bonchev–Trinajstić information content (AvgIpc) is 2.94. The first-order valence-corrected chi connectivity index (χ1v) is 7.49. The fourth-order valence-corrected chi connectivity index (χ4v) is 3.10. The van der Waals surface area contributed by atoms with Crippen LogP contribution in [0.4, 0.5) is 0 Å². The van der Waals surface area contributed by atoms with Gasteiger partial charge in [0.2, 0.25) is 0 Å². The molecule has 1 aliphatic heterocycles. The van der Waals surface area contributed by atoms with Gasteiger partial charge in [-0.05, 0) is 18.8 Å². The summed E-state index contributed by atoms with van der Waals surface area (Å²) in [6.07, 6.45) is 2.52. The second kappa shape index (κ2) is 3.71. The topological polar surface area (TPSA) is 63.4 Å². The molecule has 0 bridgehead atoms. The monoisotopic (exact) mass is 232 g/mol. The summed E-state index contributed by atoms with van der Waals surface area (Å²) in [5.41, 5.74) is 6.19. The highest BCUT2D eigenvalue weighted by Crippen LogP contribution is 2.42. The van der Waals surface area contributed by atoms with E-state index < -0.39 is 9.84 Å². The van der Waals surface area contributed by atoms with E-state index in [1.165, 1.54) is 12.8 Å². The molecule has 4 nitrogen and oxygen atoms in total. The third-order valence-electron chi connectivity index (χ3n) is 3.58. The molecule has 0 aromatic carbocycles. The van der Waals surface area contributed by atoms with Crippen LogP contribution in [0.1, 0.15) is 19.8 Å². The molecule has 0 unspecified atom stereocenters. The van der Waals surface area contributed by atoms with Crippen molar-refractivity contribution in [1.82, 2.24) is 4.90 Å². The summed E-state index contributed by atoms with van der Waals surface area (Å²) in [7, 11) is -2.82. The van der Waals surface area contributed by atoms with E-state index in [-0.39, 0.29) is 17.0 Å². The fourth-order valence-electron chi connectivity index (χ4n) is 2.27. The molecule has 0 aromatic heterocycles. The molecule has 2 fully saturated rings. The van der Waals surface area contributed by atoms with Gasteiger partial charge in [0.15, 0.2) is 9.84 Å². The van der Waals surface area contributed by atoms with Gasteiger partial charge >= 0.3 is 0 Å². The molecule has 1 saturated heterocycles. The highest BCUT2D eigenvalue weighted by molar-refractivity contribution is 7.91. The largest absolute Gasteiger partial charge is 0.323 e. The van der Waals surface area contributed by atoms with Gasteiger partial charge in [0.25, 0.3) is 0 Å². The second-order valence-corrected chi connectivity index (χ2v) is 7.43. The SMILES string of the molecule is CCS(=O)(=O)CCN1CC(N)(C2CC2)C1. The van der Waals surface area contributed by atoms with Gasteiger partial charge in [-0.15, -0.1) is 0 Å². The van der Waals surface area contributed by atoms with Gasteiger partial charge < -0.3 is 5.73 Å². The maximum atomic E-state index is 11.3. The molecule has 2 rings (SSSR count). The molecule has 0 spiro atoms. The van der Waals surface area contributed by atoms with Crippen LogP contribution >= 0.6 is 0 Å². The lowest BCUT2D eigenvalue weighted by Crippen LogP contribution is -2.69. The Balaban J connectivity index is 1.72. The Labute approximate surface area is 91.7 Å². The highest BCUT2D eigenvalue weighted by atomic mass is 32.2. The van der Waals surface area contributed by atoms with Crippen molar-refractivity contribution in [1.29, 1.82) is 0 Å². The van der Waals surface area contributed by atoms with Gasteiger partial charge in [0.05, 0.1) is 5.75 Å². The number of nitrogens with zero attached hydrogens (tertiary/aromatic N) is 1. The molecule has 1 aliphatic carbocycles. The van der Waals surface area contributed by atoms with E-state index in [2.05, 4.69) is 4.90 Å². The lowest BCUT2D eigenvalue weighted by atomic mass is 9.86. The van der Waals surface area contributed by atoms with Gasteiger partial charge in [0, 0.05) is 30.9 Å². The first kappa shape index (κ1) is 11.4. The lowest BCUT2D eigenvalue weighted by Gasteiger charge is -2.48. The summed E-state index contributed by atoms with van der Waals surface area (Å²) in [6, 6.07) is 0.